The van der Waals surface area contributed by atoms with E-state index in [9.17, 15) is 0 Å². The maximum Gasteiger partial charge on any atom is 0.0227 e. The first-order valence-corrected chi connectivity index (χ1v) is 6.11. The van der Waals surface area contributed by atoms with Gasteiger partial charge in [0.2, 0.25) is 0 Å². The van der Waals surface area contributed by atoms with E-state index in [1.54, 1.807) is 0 Å². The van der Waals surface area contributed by atoms with E-state index in [-0.39, 0.29) is 0 Å². The standard InChI is InChI=1S/C14H25N3/c1-16(2)10-12-5-7-13(8-6-12)14(9-15)11-17(3)4/h5-8,14H,9-11,15H2,1-4H3. The van der Waals surface area contributed by atoms with Crippen LogP contribution in [0.3, 0.4) is 0 Å². The molecule has 17 heavy (non-hydrogen) atoms. The Morgan fingerprint density at radius 2 is 1.59 bits per heavy atom. The van der Waals surface area contributed by atoms with Crippen LogP contribution in [0.2, 0.25) is 0 Å². The minimum atomic E-state index is 0.429. The summed E-state index contributed by atoms with van der Waals surface area (Å²) in [7, 11) is 8.34. The van der Waals surface area contributed by atoms with Crippen LogP contribution in [0, 0.1) is 0 Å². The van der Waals surface area contributed by atoms with Gasteiger partial charge in [-0.05, 0) is 39.3 Å². The van der Waals surface area contributed by atoms with Gasteiger partial charge in [0.15, 0.2) is 0 Å². The molecule has 0 saturated heterocycles. The molecule has 96 valence electrons. The van der Waals surface area contributed by atoms with Crippen molar-refractivity contribution in [3.05, 3.63) is 35.4 Å². The van der Waals surface area contributed by atoms with Crippen LogP contribution >= 0.6 is 0 Å². The van der Waals surface area contributed by atoms with Gasteiger partial charge in [0.25, 0.3) is 0 Å². The monoisotopic (exact) mass is 235 g/mol. The van der Waals surface area contributed by atoms with E-state index in [4.69, 9.17) is 5.73 Å². The topological polar surface area (TPSA) is 32.5 Å². The number of likely N-dealkylation sites (N-methyl/N-ethyl adjacent to an activating group) is 1. The third-order valence-corrected chi connectivity index (χ3v) is 2.82. The average molecular weight is 235 g/mol. The predicted molar refractivity (Wildman–Crippen MR) is 74.2 cm³/mol. The fourth-order valence-corrected chi connectivity index (χ4v) is 2.02. The molecule has 1 aromatic rings. The molecule has 0 aliphatic carbocycles. The Balaban J connectivity index is 2.70. The van der Waals surface area contributed by atoms with Crippen molar-refractivity contribution in [1.29, 1.82) is 0 Å². The minimum Gasteiger partial charge on any atom is -0.330 e. The first-order valence-electron chi connectivity index (χ1n) is 6.11. The van der Waals surface area contributed by atoms with Crippen LogP contribution < -0.4 is 5.73 Å². The number of hydrogen-bond donors (Lipinski definition) is 1. The Labute approximate surface area is 105 Å². The van der Waals surface area contributed by atoms with Crippen molar-refractivity contribution in [2.45, 2.75) is 12.5 Å². The molecule has 0 spiro atoms. The molecule has 3 heteroatoms. The Morgan fingerprint density at radius 1 is 1.00 bits per heavy atom. The van der Waals surface area contributed by atoms with Crippen LogP contribution in [-0.4, -0.2) is 51.1 Å². The highest BCUT2D eigenvalue weighted by molar-refractivity contribution is 5.26. The molecule has 2 N–H and O–H groups in total. The lowest BCUT2D eigenvalue weighted by molar-refractivity contribution is 0.375. The van der Waals surface area contributed by atoms with Crippen LogP contribution in [0.5, 0.6) is 0 Å². The molecule has 0 fully saturated rings. The van der Waals surface area contributed by atoms with E-state index in [0.717, 1.165) is 13.1 Å². The molecular weight excluding hydrogens is 210 g/mol. The third kappa shape index (κ3) is 4.86. The van der Waals surface area contributed by atoms with Crippen LogP contribution in [0.15, 0.2) is 24.3 Å². The van der Waals surface area contributed by atoms with Crippen molar-refractivity contribution in [3.8, 4) is 0 Å². The molecule has 0 aromatic heterocycles. The molecule has 1 unspecified atom stereocenters. The summed E-state index contributed by atoms with van der Waals surface area (Å²) in [6.45, 7) is 2.69. The van der Waals surface area contributed by atoms with Gasteiger partial charge in [-0.1, -0.05) is 24.3 Å². The molecule has 1 atom stereocenters. The second-order valence-corrected chi connectivity index (χ2v) is 5.17. The van der Waals surface area contributed by atoms with Gasteiger partial charge in [-0.2, -0.15) is 0 Å². The average Bonchev–Trinajstić information content (AvgIpc) is 2.26. The smallest absolute Gasteiger partial charge is 0.0227 e. The normalized spacial score (nSPS) is 13.4. The largest absolute Gasteiger partial charge is 0.330 e. The third-order valence-electron chi connectivity index (χ3n) is 2.82. The number of benzene rings is 1. The molecule has 0 bridgehead atoms. The molecule has 1 aromatic carbocycles. The van der Waals surface area contributed by atoms with Crippen molar-refractivity contribution in [1.82, 2.24) is 9.80 Å². The summed E-state index contributed by atoms with van der Waals surface area (Å²) in [5.74, 6) is 0.429. The van der Waals surface area contributed by atoms with Crippen molar-refractivity contribution in [2.24, 2.45) is 5.73 Å². The fraction of sp³-hybridized carbons (Fsp3) is 0.571. The summed E-state index contributed by atoms with van der Waals surface area (Å²) in [4.78, 5) is 4.36. The zero-order valence-corrected chi connectivity index (χ0v) is 11.5. The highest BCUT2D eigenvalue weighted by atomic mass is 15.1. The molecular formula is C14H25N3. The van der Waals surface area contributed by atoms with Crippen molar-refractivity contribution in [3.63, 3.8) is 0 Å². The quantitative estimate of drug-likeness (QED) is 0.808. The first kappa shape index (κ1) is 14.2. The Hall–Kier alpha value is -0.900. The zero-order valence-electron chi connectivity index (χ0n) is 11.5. The number of hydrogen-bond acceptors (Lipinski definition) is 3. The highest BCUT2D eigenvalue weighted by Crippen LogP contribution is 2.16. The van der Waals surface area contributed by atoms with Crippen LogP contribution in [0.25, 0.3) is 0 Å². The van der Waals surface area contributed by atoms with Crippen molar-refractivity contribution < 1.29 is 0 Å². The molecule has 0 saturated carbocycles. The van der Waals surface area contributed by atoms with Gasteiger partial charge in [-0.15, -0.1) is 0 Å². The van der Waals surface area contributed by atoms with E-state index in [1.807, 2.05) is 0 Å². The SMILES string of the molecule is CN(C)Cc1ccc(C(CN)CN(C)C)cc1. The van der Waals surface area contributed by atoms with Gasteiger partial charge in [0, 0.05) is 25.6 Å². The molecule has 0 radical (unpaired) electrons. The predicted octanol–water partition coefficient (Wildman–Crippen LogP) is 1.35. The lowest BCUT2D eigenvalue weighted by atomic mass is 9.97. The van der Waals surface area contributed by atoms with Gasteiger partial charge < -0.3 is 15.5 Å². The molecule has 3 nitrogen and oxygen atoms in total. The number of nitrogens with zero attached hydrogens (tertiary/aromatic N) is 2. The molecule has 0 aliphatic rings. The second kappa shape index (κ2) is 6.74. The van der Waals surface area contributed by atoms with Gasteiger partial charge in [0.05, 0.1) is 0 Å². The van der Waals surface area contributed by atoms with Crippen LogP contribution in [-0.2, 0) is 6.54 Å². The van der Waals surface area contributed by atoms with E-state index in [2.05, 4.69) is 62.3 Å². The van der Waals surface area contributed by atoms with Gasteiger partial charge in [-0.3, -0.25) is 0 Å². The minimum absolute atomic E-state index is 0.429. The first-order chi connectivity index (χ1) is 8.02. The van der Waals surface area contributed by atoms with E-state index in [0.29, 0.717) is 12.5 Å². The van der Waals surface area contributed by atoms with E-state index < -0.39 is 0 Å². The Kier molecular flexibility index (Phi) is 5.62. The summed E-state index contributed by atoms with van der Waals surface area (Å²) >= 11 is 0. The summed E-state index contributed by atoms with van der Waals surface area (Å²) in [5.41, 5.74) is 8.52. The lowest BCUT2D eigenvalue weighted by Crippen LogP contribution is -2.25. The zero-order chi connectivity index (χ0) is 12.8. The Morgan fingerprint density at radius 3 is 2.00 bits per heavy atom. The van der Waals surface area contributed by atoms with E-state index in [1.165, 1.54) is 11.1 Å². The Bertz CT molecular complexity index is 317. The van der Waals surface area contributed by atoms with Crippen LogP contribution in [0.1, 0.15) is 17.0 Å². The molecule has 0 amide bonds. The second-order valence-electron chi connectivity index (χ2n) is 5.17. The lowest BCUT2D eigenvalue weighted by Gasteiger charge is -2.20. The molecule has 0 heterocycles. The maximum absolute atomic E-state index is 5.84. The van der Waals surface area contributed by atoms with Crippen molar-refractivity contribution >= 4 is 0 Å². The van der Waals surface area contributed by atoms with Gasteiger partial charge in [0.1, 0.15) is 0 Å². The van der Waals surface area contributed by atoms with Gasteiger partial charge in [-0.25, -0.2) is 0 Å². The molecule has 0 aliphatic heterocycles. The maximum atomic E-state index is 5.84. The summed E-state index contributed by atoms with van der Waals surface area (Å²) in [5, 5.41) is 0. The number of rotatable bonds is 6. The van der Waals surface area contributed by atoms with Crippen molar-refractivity contribution in [2.75, 3.05) is 41.3 Å². The summed E-state index contributed by atoms with van der Waals surface area (Å²) < 4.78 is 0. The number of nitrogens with two attached hydrogens (primary N) is 1. The summed E-state index contributed by atoms with van der Waals surface area (Å²) in [6.07, 6.45) is 0. The van der Waals surface area contributed by atoms with Crippen LogP contribution in [0.4, 0.5) is 0 Å². The summed E-state index contributed by atoms with van der Waals surface area (Å²) in [6, 6.07) is 8.82. The fourth-order valence-electron chi connectivity index (χ4n) is 2.02. The molecule has 1 rings (SSSR count). The van der Waals surface area contributed by atoms with Gasteiger partial charge >= 0.3 is 0 Å². The highest BCUT2D eigenvalue weighted by Gasteiger charge is 2.10. The van der Waals surface area contributed by atoms with E-state index >= 15 is 0 Å².